The second-order valence-corrected chi connectivity index (χ2v) is 4.40. The summed E-state index contributed by atoms with van der Waals surface area (Å²) in [6.45, 7) is 1.65. The number of aromatic nitrogens is 2. The van der Waals surface area contributed by atoms with Gasteiger partial charge in [0.1, 0.15) is 0 Å². The fraction of sp³-hybridized carbons (Fsp3) is 0.778. The zero-order valence-electron chi connectivity index (χ0n) is 8.02. The monoisotopic (exact) mass is 213 g/mol. The minimum absolute atomic E-state index is 0.101. The van der Waals surface area contributed by atoms with E-state index in [4.69, 9.17) is 0 Å². The van der Waals surface area contributed by atoms with Gasteiger partial charge in [0, 0.05) is 18.5 Å². The second-order valence-electron chi connectivity index (χ2n) is 3.79. The summed E-state index contributed by atoms with van der Waals surface area (Å²) in [6, 6.07) is 0. The van der Waals surface area contributed by atoms with Crippen molar-refractivity contribution in [2.24, 2.45) is 5.92 Å². The first kappa shape index (κ1) is 10.0. The van der Waals surface area contributed by atoms with Crippen molar-refractivity contribution in [3.63, 3.8) is 0 Å². The summed E-state index contributed by atoms with van der Waals surface area (Å²) in [4.78, 5) is 0. The van der Waals surface area contributed by atoms with E-state index >= 15 is 0 Å². The van der Waals surface area contributed by atoms with Crippen LogP contribution >= 0.6 is 11.5 Å². The van der Waals surface area contributed by atoms with E-state index in [0.717, 1.165) is 38.0 Å². The van der Waals surface area contributed by atoms with Crippen LogP contribution in [0.1, 0.15) is 25.0 Å². The molecule has 1 fully saturated rings. The average Bonchev–Trinajstić information content (AvgIpc) is 2.78. The van der Waals surface area contributed by atoms with E-state index in [0.29, 0.717) is 5.92 Å². The number of hydrogen-bond acceptors (Lipinski definition) is 5. The molecular formula is C9H15N3OS. The van der Waals surface area contributed by atoms with Gasteiger partial charge >= 0.3 is 0 Å². The Kier molecular flexibility index (Phi) is 3.44. The smallest absolute Gasteiger partial charge is 0.0893 e. The lowest BCUT2D eigenvalue weighted by atomic mass is 10.1. The highest BCUT2D eigenvalue weighted by Gasteiger charge is 2.24. The Bertz CT molecular complexity index is 265. The lowest BCUT2D eigenvalue weighted by Crippen LogP contribution is -2.27. The van der Waals surface area contributed by atoms with E-state index in [1.165, 1.54) is 11.5 Å². The van der Waals surface area contributed by atoms with Gasteiger partial charge in [-0.15, -0.1) is 5.10 Å². The summed E-state index contributed by atoms with van der Waals surface area (Å²) in [5.41, 5.74) is 0.988. The van der Waals surface area contributed by atoms with Crippen LogP contribution in [0.15, 0.2) is 5.38 Å². The van der Waals surface area contributed by atoms with Crippen LogP contribution in [0, 0.1) is 5.92 Å². The van der Waals surface area contributed by atoms with E-state index in [9.17, 15) is 5.11 Å². The van der Waals surface area contributed by atoms with Gasteiger partial charge in [0.25, 0.3) is 0 Å². The van der Waals surface area contributed by atoms with Gasteiger partial charge in [0.15, 0.2) is 0 Å². The number of nitrogens with zero attached hydrogens (tertiary/aromatic N) is 2. The Labute approximate surface area is 87.5 Å². The van der Waals surface area contributed by atoms with E-state index in [1.54, 1.807) is 0 Å². The predicted octanol–water partition coefficient (Wildman–Crippen LogP) is 0.789. The summed E-state index contributed by atoms with van der Waals surface area (Å²) >= 11 is 1.37. The quantitative estimate of drug-likeness (QED) is 0.776. The van der Waals surface area contributed by atoms with Crippen molar-refractivity contribution in [3.8, 4) is 0 Å². The minimum Gasteiger partial charge on any atom is -0.393 e. The average molecular weight is 213 g/mol. The molecule has 1 aromatic rings. The molecule has 78 valence electrons. The summed E-state index contributed by atoms with van der Waals surface area (Å²) < 4.78 is 3.79. The molecule has 2 unspecified atom stereocenters. The number of hydrogen-bond donors (Lipinski definition) is 2. The minimum atomic E-state index is -0.101. The van der Waals surface area contributed by atoms with Crippen molar-refractivity contribution < 1.29 is 5.11 Å². The molecule has 2 N–H and O–H groups in total. The Morgan fingerprint density at radius 1 is 1.57 bits per heavy atom. The lowest BCUT2D eigenvalue weighted by molar-refractivity contribution is 0.131. The van der Waals surface area contributed by atoms with Gasteiger partial charge in [0.2, 0.25) is 0 Å². The molecule has 4 nitrogen and oxygen atoms in total. The summed E-state index contributed by atoms with van der Waals surface area (Å²) in [7, 11) is 0. The van der Waals surface area contributed by atoms with Gasteiger partial charge in [-0.2, -0.15) is 0 Å². The van der Waals surface area contributed by atoms with Crippen molar-refractivity contribution in [1.29, 1.82) is 0 Å². The van der Waals surface area contributed by atoms with Crippen LogP contribution in [0.3, 0.4) is 0 Å². The largest absolute Gasteiger partial charge is 0.393 e. The topological polar surface area (TPSA) is 58.0 Å². The maximum absolute atomic E-state index is 9.58. The zero-order chi connectivity index (χ0) is 9.80. The second kappa shape index (κ2) is 4.82. The molecule has 0 radical (unpaired) electrons. The molecule has 1 heterocycles. The fourth-order valence-electron chi connectivity index (χ4n) is 1.90. The third kappa shape index (κ3) is 2.50. The van der Waals surface area contributed by atoms with Crippen LogP contribution in [0.25, 0.3) is 0 Å². The molecule has 2 atom stereocenters. The SMILES string of the molecule is OC1CCCC1CNCc1csnn1. The van der Waals surface area contributed by atoms with Crippen molar-refractivity contribution in [2.75, 3.05) is 6.54 Å². The first-order valence-corrected chi connectivity index (χ1v) is 5.84. The normalized spacial score (nSPS) is 26.9. The predicted molar refractivity (Wildman–Crippen MR) is 55.0 cm³/mol. The molecule has 0 aromatic carbocycles. The van der Waals surface area contributed by atoms with Crippen molar-refractivity contribution >= 4 is 11.5 Å². The summed E-state index contributed by atoms with van der Waals surface area (Å²) in [5, 5.41) is 18.8. The highest BCUT2D eigenvalue weighted by molar-refractivity contribution is 7.03. The van der Waals surface area contributed by atoms with E-state index in [1.807, 2.05) is 5.38 Å². The third-order valence-electron chi connectivity index (χ3n) is 2.74. The zero-order valence-corrected chi connectivity index (χ0v) is 8.83. The highest BCUT2D eigenvalue weighted by atomic mass is 32.1. The van der Waals surface area contributed by atoms with Gasteiger partial charge in [0.05, 0.1) is 11.8 Å². The molecule has 1 aliphatic rings. The Morgan fingerprint density at radius 3 is 3.14 bits per heavy atom. The van der Waals surface area contributed by atoms with Gasteiger partial charge in [-0.1, -0.05) is 10.9 Å². The molecule has 1 aromatic heterocycles. The van der Waals surface area contributed by atoms with Crippen LogP contribution in [0.4, 0.5) is 0 Å². The highest BCUT2D eigenvalue weighted by Crippen LogP contribution is 2.24. The Balaban J connectivity index is 1.68. The van der Waals surface area contributed by atoms with Crippen molar-refractivity contribution in [3.05, 3.63) is 11.1 Å². The van der Waals surface area contributed by atoms with Gasteiger partial charge < -0.3 is 10.4 Å². The summed E-state index contributed by atoms with van der Waals surface area (Å²) in [5.74, 6) is 0.432. The van der Waals surface area contributed by atoms with Crippen LogP contribution in [0.2, 0.25) is 0 Å². The van der Waals surface area contributed by atoms with E-state index in [2.05, 4.69) is 14.9 Å². The van der Waals surface area contributed by atoms with Gasteiger partial charge in [-0.05, 0) is 30.3 Å². The molecule has 2 rings (SSSR count). The van der Waals surface area contributed by atoms with Crippen LogP contribution in [-0.2, 0) is 6.54 Å². The summed E-state index contributed by atoms with van der Waals surface area (Å²) in [6.07, 6.45) is 3.16. The van der Waals surface area contributed by atoms with Gasteiger partial charge in [-0.3, -0.25) is 0 Å². The molecule has 14 heavy (non-hydrogen) atoms. The lowest BCUT2D eigenvalue weighted by Gasteiger charge is -2.14. The number of aliphatic hydroxyl groups is 1. The van der Waals surface area contributed by atoms with Crippen LogP contribution < -0.4 is 5.32 Å². The van der Waals surface area contributed by atoms with Crippen LogP contribution in [-0.4, -0.2) is 27.3 Å². The first-order chi connectivity index (χ1) is 6.86. The maximum Gasteiger partial charge on any atom is 0.0893 e. The fourth-order valence-corrected chi connectivity index (χ4v) is 2.35. The van der Waals surface area contributed by atoms with Crippen molar-refractivity contribution in [1.82, 2.24) is 14.9 Å². The molecule has 5 heteroatoms. The third-order valence-corrected chi connectivity index (χ3v) is 3.29. The molecular weight excluding hydrogens is 198 g/mol. The number of rotatable bonds is 4. The molecule has 0 bridgehead atoms. The molecule has 0 saturated heterocycles. The molecule has 1 aliphatic carbocycles. The molecule has 0 aliphatic heterocycles. The molecule has 1 saturated carbocycles. The van der Waals surface area contributed by atoms with Gasteiger partial charge in [-0.25, -0.2) is 0 Å². The number of nitrogens with one attached hydrogen (secondary N) is 1. The van der Waals surface area contributed by atoms with E-state index < -0.39 is 0 Å². The van der Waals surface area contributed by atoms with Crippen molar-refractivity contribution in [2.45, 2.75) is 31.9 Å². The Hall–Kier alpha value is -0.520. The van der Waals surface area contributed by atoms with Crippen LogP contribution in [0.5, 0.6) is 0 Å². The first-order valence-electron chi connectivity index (χ1n) is 5.01. The standard InChI is InChI=1S/C9H15N3OS/c13-9-3-1-2-7(9)4-10-5-8-6-14-12-11-8/h6-7,9-10,13H,1-5H2. The Morgan fingerprint density at radius 2 is 2.50 bits per heavy atom. The number of aliphatic hydroxyl groups excluding tert-OH is 1. The van der Waals surface area contributed by atoms with E-state index in [-0.39, 0.29) is 6.10 Å². The molecule has 0 spiro atoms. The maximum atomic E-state index is 9.58. The molecule has 0 amide bonds.